The number of anilines is 2. The number of aromatic nitrogens is 1. The lowest BCUT2D eigenvalue weighted by atomic mass is 10.0. The van der Waals surface area contributed by atoms with Gasteiger partial charge in [0.2, 0.25) is 0 Å². The molecule has 0 aliphatic rings. The molecule has 4 N–H and O–H groups in total. The van der Waals surface area contributed by atoms with Crippen molar-refractivity contribution in [3.05, 3.63) is 68.7 Å². The maximum absolute atomic E-state index is 9.20. The Kier molecular flexibility index (Phi) is 5.09. The Bertz CT molecular complexity index is 1250. The third-order valence-electron chi connectivity index (χ3n) is 4.62. The summed E-state index contributed by atoms with van der Waals surface area (Å²) in [5.41, 5.74) is 10.9. The fourth-order valence-corrected chi connectivity index (χ4v) is 3.84. The van der Waals surface area contributed by atoms with Gasteiger partial charge in [-0.15, -0.1) is 0 Å². The van der Waals surface area contributed by atoms with Crippen LogP contribution < -0.4 is 11.1 Å². The standard InChI is InChI=1S/C21H15Cl3N4/c22-17-2-1-13(6-12(17)10-26)27-14-5-11(3-4-25)21-16(7-14)15-8-18(23)19(24)9-20(15)28-21/h1-2,5-9,27-28H,3-4,25H2. The van der Waals surface area contributed by atoms with Crippen LogP contribution in [0, 0.1) is 11.3 Å². The molecule has 0 aliphatic carbocycles. The second-order valence-corrected chi connectivity index (χ2v) is 7.69. The van der Waals surface area contributed by atoms with Crippen molar-refractivity contribution in [2.45, 2.75) is 6.42 Å². The molecule has 28 heavy (non-hydrogen) atoms. The summed E-state index contributed by atoms with van der Waals surface area (Å²) in [5, 5.41) is 16.0. The number of aromatic amines is 1. The third-order valence-corrected chi connectivity index (χ3v) is 5.67. The Balaban J connectivity index is 1.88. The first kappa shape index (κ1) is 18.9. The van der Waals surface area contributed by atoms with Crippen molar-refractivity contribution in [3.8, 4) is 6.07 Å². The van der Waals surface area contributed by atoms with E-state index in [0.717, 1.165) is 38.7 Å². The number of fused-ring (bicyclic) bond motifs is 3. The van der Waals surface area contributed by atoms with Gasteiger partial charge in [-0.2, -0.15) is 5.26 Å². The first-order chi connectivity index (χ1) is 13.5. The van der Waals surface area contributed by atoms with Crippen LogP contribution in [0.1, 0.15) is 11.1 Å². The zero-order chi connectivity index (χ0) is 19.8. The number of nitrogens with zero attached hydrogens (tertiary/aromatic N) is 1. The molecule has 0 bridgehead atoms. The summed E-state index contributed by atoms with van der Waals surface area (Å²) in [6.45, 7) is 0.523. The van der Waals surface area contributed by atoms with Crippen LogP contribution in [0.4, 0.5) is 11.4 Å². The molecule has 0 spiro atoms. The highest BCUT2D eigenvalue weighted by atomic mass is 35.5. The minimum atomic E-state index is 0.420. The minimum absolute atomic E-state index is 0.420. The second-order valence-electron chi connectivity index (χ2n) is 6.46. The molecule has 4 nitrogen and oxygen atoms in total. The maximum Gasteiger partial charge on any atom is 0.101 e. The molecule has 1 heterocycles. The number of hydrogen-bond donors (Lipinski definition) is 3. The van der Waals surface area contributed by atoms with Gasteiger partial charge < -0.3 is 16.0 Å². The van der Waals surface area contributed by atoms with Gasteiger partial charge in [0.15, 0.2) is 0 Å². The predicted octanol–water partition coefficient (Wildman–Crippen LogP) is 6.40. The molecule has 7 heteroatoms. The van der Waals surface area contributed by atoms with Gasteiger partial charge in [-0.25, -0.2) is 0 Å². The molecule has 0 saturated heterocycles. The van der Waals surface area contributed by atoms with Crippen molar-refractivity contribution >= 4 is 68.0 Å². The molecule has 0 unspecified atom stereocenters. The summed E-state index contributed by atoms with van der Waals surface area (Å²) < 4.78 is 0. The molecule has 4 rings (SSSR count). The number of benzene rings is 3. The van der Waals surface area contributed by atoms with Gasteiger partial charge in [0.05, 0.1) is 20.6 Å². The maximum atomic E-state index is 9.20. The molecule has 0 atom stereocenters. The van der Waals surface area contributed by atoms with E-state index in [4.69, 9.17) is 40.5 Å². The number of nitrogens with one attached hydrogen (secondary N) is 2. The zero-order valence-electron chi connectivity index (χ0n) is 14.6. The van der Waals surface area contributed by atoms with E-state index in [1.54, 1.807) is 12.1 Å². The van der Waals surface area contributed by atoms with Crippen LogP contribution >= 0.6 is 34.8 Å². The van der Waals surface area contributed by atoms with E-state index in [2.05, 4.69) is 22.4 Å². The Morgan fingerprint density at radius 2 is 1.71 bits per heavy atom. The van der Waals surface area contributed by atoms with Crippen LogP contribution in [0.25, 0.3) is 21.8 Å². The molecule has 0 fully saturated rings. The lowest BCUT2D eigenvalue weighted by Crippen LogP contribution is -2.04. The summed E-state index contributed by atoms with van der Waals surface area (Å²) >= 11 is 18.4. The smallest absolute Gasteiger partial charge is 0.101 e. The van der Waals surface area contributed by atoms with E-state index in [1.165, 1.54) is 0 Å². The molecule has 0 radical (unpaired) electrons. The van der Waals surface area contributed by atoms with Gasteiger partial charge in [0.25, 0.3) is 0 Å². The van der Waals surface area contributed by atoms with Gasteiger partial charge >= 0.3 is 0 Å². The molecular weight excluding hydrogens is 415 g/mol. The van der Waals surface area contributed by atoms with Crippen molar-refractivity contribution in [1.29, 1.82) is 5.26 Å². The summed E-state index contributed by atoms with van der Waals surface area (Å²) in [5.74, 6) is 0. The van der Waals surface area contributed by atoms with E-state index >= 15 is 0 Å². The molecule has 140 valence electrons. The minimum Gasteiger partial charge on any atom is -0.355 e. The summed E-state index contributed by atoms with van der Waals surface area (Å²) in [4.78, 5) is 3.43. The number of H-pyrrole nitrogens is 1. The molecule has 0 aliphatic heterocycles. The van der Waals surface area contributed by atoms with E-state index in [0.29, 0.717) is 33.6 Å². The van der Waals surface area contributed by atoms with Crippen molar-refractivity contribution < 1.29 is 0 Å². The van der Waals surface area contributed by atoms with E-state index in [-0.39, 0.29) is 0 Å². The fourth-order valence-electron chi connectivity index (χ4n) is 3.35. The molecule has 3 aromatic carbocycles. The monoisotopic (exact) mass is 428 g/mol. The highest BCUT2D eigenvalue weighted by molar-refractivity contribution is 6.43. The third kappa shape index (κ3) is 3.39. The first-order valence-corrected chi connectivity index (χ1v) is 9.73. The topological polar surface area (TPSA) is 77.6 Å². The Labute approximate surface area is 176 Å². The average molecular weight is 430 g/mol. The molecule has 4 aromatic rings. The molecule has 1 aromatic heterocycles. The largest absolute Gasteiger partial charge is 0.355 e. The van der Waals surface area contributed by atoms with Gasteiger partial charge in [-0.05, 0) is 61.0 Å². The number of nitriles is 1. The lowest BCUT2D eigenvalue weighted by Gasteiger charge is -2.11. The van der Waals surface area contributed by atoms with Crippen molar-refractivity contribution in [2.24, 2.45) is 5.73 Å². The normalized spacial score (nSPS) is 11.1. The van der Waals surface area contributed by atoms with Gasteiger partial charge in [0, 0.05) is 33.2 Å². The summed E-state index contributed by atoms with van der Waals surface area (Å²) in [7, 11) is 0. The van der Waals surface area contributed by atoms with Gasteiger partial charge in [-0.1, -0.05) is 34.8 Å². The van der Waals surface area contributed by atoms with E-state index in [9.17, 15) is 5.26 Å². The predicted molar refractivity (Wildman–Crippen MR) is 118 cm³/mol. The van der Waals surface area contributed by atoms with Crippen molar-refractivity contribution in [2.75, 3.05) is 11.9 Å². The van der Waals surface area contributed by atoms with Crippen molar-refractivity contribution in [1.82, 2.24) is 4.98 Å². The SMILES string of the molecule is N#Cc1cc(Nc2cc(CCN)c3[nH]c4cc(Cl)c(Cl)cc4c3c2)ccc1Cl. The van der Waals surface area contributed by atoms with Crippen LogP contribution in [0.3, 0.4) is 0 Å². The molecule has 0 amide bonds. The summed E-state index contributed by atoms with van der Waals surface area (Å²) in [6, 6.07) is 15.1. The van der Waals surface area contributed by atoms with Crippen LogP contribution in [0.5, 0.6) is 0 Å². The van der Waals surface area contributed by atoms with Crippen molar-refractivity contribution in [3.63, 3.8) is 0 Å². The number of rotatable bonds is 4. The van der Waals surface area contributed by atoms with Crippen LogP contribution in [0.15, 0.2) is 42.5 Å². The van der Waals surface area contributed by atoms with E-state index < -0.39 is 0 Å². The molecular formula is C21H15Cl3N4. The Morgan fingerprint density at radius 1 is 0.929 bits per heavy atom. The van der Waals surface area contributed by atoms with Gasteiger partial charge in [-0.3, -0.25) is 0 Å². The van der Waals surface area contributed by atoms with Gasteiger partial charge in [0.1, 0.15) is 6.07 Å². The zero-order valence-corrected chi connectivity index (χ0v) is 16.9. The number of halogens is 3. The Hall–Kier alpha value is -2.42. The highest BCUT2D eigenvalue weighted by Crippen LogP contribution is 2.36. The Morgan fingerprint density at radius 3 is 2.46 bits per heavy atom. The highest BCUT2D eigenvalue weighted by Gasteiger charge is 2.13. The average Bonchev–Trinajstić information content (AvgIpc) is 3.02. The first-order valence-electron chi connectivity index (χ1n) is 8.60. The number of nitrogens with two attached hydrogens (primary N) is 1. The molecule has 0 saturated carbocycles. The van der Waals surface area contributed by atoms with Crippen LogP contribution in [-0.2, 0) is 6.42 Å². The second kappa shape index (κ2) is 7.54. The van der Waals surface area contributed by atoms with E-state index in [1.807, 2.05) is 24.3 Å². The number of hydrogen-bond acceptors (Lipinski definition) is 3. The lowest BCUT2D eigenvalue weighted by molar-refractivity contribution is 0.975. The van der Waals surface area contributed by atoms with Crippen LogP contribution in [0.2, 0.25) is 15.1 Å². The quantitative estimate of drug-likeness (QED) is 0.351. The fraction of sp³-hybridized carbons (Fsp3) is 0.0952. The van der Waals surface area contributed by atoms with Crippen LogP contribution in [-0.4, -0.2) is 11.5 Å². The summed E-state index contributed by atoms with van der Waals surface area (Å²) in [6.07, 6.45) is 0.713.